The molecule has 0 radical (unpaired) electrons. The Hall–Kier alpha value is -0.870. The van der Waals surface area contributed by atoms with Gasteiger partial charge in [0.2, 0.25) is 5.91 Å². The van der Waals surface area contributed by atoms with E-state index >= 15 is 0 Å². The first-order chi connectivity index (χ1) is 6.52. The largest absolute Gasteiger partial charge is 0.339 e. The Morgan fingerprint density at radius 2 is 2.36 bits per heavy atom. The Labute approximate surface area is 88.5 Å². The molecule has 0 aromatic carbocycles. The van der Waals surface area contributed by atoms with E-state index in [9.17, 15) is 4.79 Å². The van der Waals surface area contributed by atoms with E-state index in [2.05, 4.69) is 13.0 Å². The van der Waals surface area contributed by atoms with Gasteiger partial charge in [-0.15, -0.1) is 11.3 Å². The third kappa shape index (κ3) is 2.56. The third-order valence-corrected chi connectivity index (χ3v) is 3.12. The second-order valence-electron chi connectivity index (χ2n) is 3.51. The molecule has 1 atom stereocenters. The number of carbonyl (C=O) groups excluding carboxylic acids is 1. The zero-order valence-corrected chi connectivity index (χ0v) is 9.60. The molecule has 0 spiro atoms. The number of thiophene rings is 1. The number of hydrogen-bond acceptors (Lipinski definition) is 3. The van der Waals surface area contributed by atoms with E-state index < -0.39 is 6.04 Å². The van der Waals surface area contributed by atoms with Crippen molar-refractivity contribution < 1.29 is 4.79 Å². The summed E-state index contributed by atoms with van der Waals surface area (Å²) in [6.07, 6.45) is 0. The van der Waals surface area contributed by atoms with Crippen LogP contribution in [-0.4, -0.2) is 23.9 Å². The van der Waals surface area contributed by atoms with Gasteiger partial charge in [-0.05, 0) is 30.9 Å². The predicted molar refractivity (Wildman–Crippen MR) is 59.2 cm³/mol. The van der Waals surface area contributed by atoms with Crippen molar-refractivity contribution in [3.63, 3.8) is 0 Å². The van der Waals surface area contributed by atoms with E-state index in [0.29, 0.717) is 6.54 Å². The SMILES string of the molecule is Cc1ccsc1CN(C)C(=O)[C@H](C)N. The molecule has 0 aliphatic rings. The summed E-state index contributed by atoms with van der Waals surface area (Å²) in [5.41, 5.74) is 6.75. The molecule has 14 heavy (non-hydrogen) atoms. The minimum Gasteiger partial charge on any atom is -0.339 e. The summed E-state index contributed by atoms with van der Waals surface area (Å²) < 4.78 is 0. The van der Waals surface area contributed by atoms with Crippen LogP contribution in [0.3, 0.4) is 0 Å². The number of nitrogens with zero attached hydrogens (tertiary/aromatic N) is 1. The van der Waals surface area contributed by atoms with E-state index in [1.807, 2.05) is 5.38 Å². The standard InChI is InChI=1S/C10H16N2OS/c1-7-4-5-14-9(7)6-12(3)10(13)8(2)11/h4-5,8H,6,11H2,1-3H3/t8-/m0/s1. The average molecular weight is 212 g/mol. The van der Waals surface area contributed by atoms with Gasteiger partial charge in [-0.1, -0.05) is 0 Å². The Morgan fingerprint density at radius 1 is 1.71 bits per heavy atom. The Balaban J connectivity index is 2.62. The fraction of sp³-hybridized carbons (Fsp3) is 0.500. The van der Waals surface area contributed by atoms with Crippen LogP contribution < -0.4 is 5.73 Å². The molecular formula is C10H16N2OS. The molecule has 1 heterocycles. The maximum absolute atomic E-state index is 11.5. The summed E-state index contributed by atoms with van der Waals surface area (Å²) in [4.78, 5) is 14.4. The highest BCUT2D eigenvalue weighted by molar-refractivity contribution is 7.10. The lowest BCUT2D eigenvalue weighted by atomic mass is 10.2. The van der Waals surface area contributed by atoms with Crippen LogP contribution in [0.5, 0.6) is 0 Å². The van der Waals surface area contributed by atoms with Gasteiger partial charge >= 0.3 is 0 Å². The maximum atomic E-state index is 11.5. The van der Waals surface area contributed by atoms with Crippen molar-refractivity contribution in [2.45, 2.75) is 26.4 Å². The first-order valence-corrected chi connectivity index (χ1v) is 5.44. The normalized spacial score (nSPS) is 12.6. The molecule has 0 fully saturated rings. The first-order valence-electron chi connectivity index (χ1n) is 4.56. The number of hydrogen-bond donors (Lipinski definition) is 1. The summed E-state index contributed by atoms with van der Waals surface area (Å²) >= 11 is 1.67. The van der Waals surface area contributed by atoms with Gasteiger partial charge in [0.25, 0.3) is 0 Å². The monoisotopic (exact) mass is 212 g/mol. The minimum atomic E-state index is -0.416. The van der Waals surface area contributed by atoms with Crippen LogP contribution in [0.1, 0.15) is 17.4 Å². The van der Waals surface area contributed by atoms with E-state index in [-0.39, 0.29) is 5.91 Å². The Bertz CT molecular complexity index is 320. The average Bonchev–Trinajstić information content (AvgIpc) is 2.50. The fourth-order valence-corrected chi connectivity index (χ4v) is 2.17. The molecule has 2 N–H and O–H groups in total. The van der Waals surface area contributed by atoms with E-state index in [4.69, 9.17) is 5.73 Å². The third-order valence-electron chi connectivity index (χ3n) is 2.11. The first kappa shape index (κ1) is 11.2. The topological polar surface area (TPSA) is 46.3 Å². The van der Waals surface area contributed by atoms with Crippen LogP contribution in [0.4, 0.5) is 0 Å². The molecule has 0 aliphatic carbocycles. The van der Waals surface area contributed by atoms with Gasteiger partial charge in [-0.2, -0.15) is 0 Å². The quantitative estimate of drug-likeness (QED) is 0.822. The molecule has 78 valence electrons. The van der Waals surface area contributed by atoms with Crippen molar-refractivity contribution in [1.82, 2.24) is 4.90 Å². The van der Waals surface area contributed by atoms with Crippen molar-refractivity contribution in [2.75, 3.05) is 7.05 Å². The van der Waals surface area contributed by atoms with Crippen LogP contribution in [-0.2, 0) is 11.3 Å². The zero-order chi connectivity index (χ0) is 10.7. The van der Waals surface area contributed by atoms with E-state index in [1.54, 1.807) is 30.2 Å². The summed E-state index contributed by atoms with van der Waals surface area (Å²) in [6, 6.07) is 1.64. The second-order valence-corrected chi connectivity index (χ2v) is 4.51. The highest BCUT2D eigenvalue weighted by Crippen LogP contribution is 2.17. The molecule has 4 heteroatoms. The second kappa shape index (κ2) is 4.57. The molecule has 1 aromatic rings. The van der Waals surface area contributed by atoms with Gasteiger partial charge in [-0.25, -0.2) is 0 Å². The predicted octanol–water partition coefficient (Wildman–Crippen LogP) is 1.36. The number of amides is 1. The molecule has 1 rings (SSSR count). The highest BCUT2D eigenvalue weighted by atomic mass is 32.1. The number of aryl methyl sites for hydroxylation is 1. The van der Waals surface area contributed by atoms with Crippen molar-refractivity contribution in [3.05, 3.63) is 21.9 Å². The van der Waals surface area contributed by atoms with Gasteiger partial charge in [0.05, 0.1) is 12.6 Å². The molecular weight excluding hydrogens is 196 g/mol. The molecule has 1 amide bonds. The van der Waals surface area contributed by atoms with Crippen molar-refractivity contribution in [3.8, 4) is 0 Å². The van der Waals surface area contributed by atoms with Crippen molar-refractivity contribution in [1.29, 1.82) is 0 Å². The molecule has 3 nitrogen and oxygen atoms in total. The zero-order valence-electron chi connectivity index (χ0n) is 8.78. The van der Waals surface area contributed by atoms with Crippen LogP contribution in [0.25, 0.3) is 0 Å². The summed E-state index contributed by atoms with van der Waals surface area (Å²) in [5, 5.41) is 2.04. The van der Waals surface area contributed by atoms with E-state index in [0.717, 1.165) is 0 Å². The molecule has 0 unspecified atom stereocenters. The number of rotatable bonds is 3. The van der Waals surface area contributed by atoms with Gasteiger partial charge in [0, 0.05) is 11.9 Å². The fourth-order valence-electron chi connectivity index (χ4n) is 1.21. The lowest BCUT2D eigenvalue weighted by Gasteiger charge is -2.18. The Kier molecular flexibility index (Phi) is 3.66. The number of likely N-dealkylation sites (N-methyl/N-ethyl adjacent to an activating group) is 1. The van der Waals surface area contributed by atoms with Crippen molar-refractivity contribution in [2.24, 2.45) is 5.73 Å². The van der Waals surface area contributed by atoms with Gasteiger partial charge in [-0.3, -0.25) is 4.79 Å². The highest BCUT2D eigenvalue weighted by Gasteiger charge is 2.14. The Morgan fingerprint density at radius 3 is 2.79 bits per heavy atom. The smallest absolute Gasteiger partial charge is 0.239 e. The summed E-state index contributed by atoms with van der Waals surface area (Å²) in [5.74, 6) is -0.0159. The molecule has 1 aromatic heterocycles. The van der Waals surface area contributed by atoms with Crippen LogP contribution in [0.15, 0.2) is 11.4 Å². The summed E-state index contributed by atoms with van der Waals surface area (Å²) in [6.45, 7) is 4.42. The van der Waals surface area contributed by atoms with Crippen LogP contribution in [0.2, 0.25) is 0 Å². The van der Waals surface area contributed by atoms with E-state index in [1.165, 1.54) is 10.4 Å². The van der Waals surface area contributed by atoms with Crippen LogP contribution >= 0.6 is 11.3 Å². The van der Waals surface area contributed by atoms with Gasteiger partial charge in [0.1, 0.15) is 0 Å². The molecule has 0 saturated heterocycles. The number of nitrogens with two attached hydrogens (primary N) is 1. The number of carbonyl (C=O) groups is 1. The van der Waals surface area contributed by atoms with Crippen LogP contribution in [0, 0.1) is 6.92 Å². The lowest BCUT2D eigenvalue weighted by molar-refractivity contribution is -0.131. The minimum absolute atomic E-state index is 0.0159. The summed E-state index contributed by atoms with van der Waals surface area (Å²) in [7, 11) is 1.78. The molecule has 0 bridgehead atoms. The molecule has 0 saturated carbocycles. The maximum Gasteiger partial charge on any atom is 0.239 e. The van der Waals surface area contributed by atoms with Crippen molar-refractivity contribution >= 4 is 17.2 Å². The van der Waals surface area contributed by atoms with Gasteiger partial charge < -0.3 is 10.6 Å². The molecule has 0 aliphatic heterocycles. The lowest BCUT2D eigenvalue weighted by Crippen LogP contribution is -2.39. The van der Waals surface area contributed by atoms with Gasteiger partial charge in [0.15, 0.2) is 0 Å².